The molecule has 0 radical (unpaired) electrons. The van der Waals surface area contributed by atoms with Gasteiger partial charge in [-0.05, 0) is 25.8 Å². The fourth-order valence-electron chi connectivity index (χ4n) is 1.49. The van der Waals surface area contributed by atoms with Crippen molar-refractivity contribution in [2.24, 2.45) is 5.73 Å². The summed E-state index contributed by atoms with van der Waals surface area (Å²) in [6.45, 7) is 2.80. The highest BCUT2D eigenvalue weighted by Crippen LogP contribution is 1.97. The zero-order valence-corrected chi connectivity index (χ0v) is 10.8. The molecule has 0 saturated carbocycles. The lowest BCUT2D eigenvalue weighted by molar-refractivity contribution is -0.122. The van der Waals surface area contributed by atoms with E-state index in [0.717, 1.165) is 12.1 Å². The molecule has 1 amide bonds. The van der Waals surface area contributed by atoms with Crippen LogP contribution in [0, 0.1) is 6.92 Å². The van der Waals surface area contributed by atoms with E-state index in [9.17, 15) is 4.79 Å². The fourth-order valence-corrected chi connectivity index (χ4v) is 1.49. The Hall–Kier alpha value is -1.53. The van der Waals surface area contributed by atoms with Crippen molar-refractivity contribution in [2.45, 2.75) is 32.4 Å². The largest absolute Gasteiger partial charge is 0.385 e. The Balaban J connectivity index is 2.32. The number of aromatic nitrogens is 2. The molecular formula is C12H20N4O2. The first-order chi connectivity index (χ1) is 8.63. The molecule has 0 aliphatic heterocycles. The van der Waals surface area contributed by atoms with Gasteiger partial charge in [0.2, 0.25) is 5.91 Å². The minimum Gasteiger partial charge on any atom is -0.385 e. The summed E-state index contributed by atoms with van der Waals surface area (Å²) in [5, 5.41) is 2.76. The van der Waals surface area contributed by atoms with E-state index in [0.29, 0.717) is 25.4 Å². The topological polar surface area (TPSA) is 90.1 Å². The van der Waals surface area contributed by atoms with Gasteiger partial charge in [0.15, 0.2) is 0 Å². The zero-order valence-electron chi connectivity index (χ0n) is 10.8. The van der Waals surface area contributed by atoms with Gasteiger partial charge in [0.1, 0.15) is 5.82 Å². The molecule has 1 heterocycles. The minimum absolute atomic E-state index is 0.164. The molecule has 1 unspecified atom stereocenters. The summed E-state index contributed by atoms with van der Waals surface area (Å²) >= 11 is 0. The van der Waals surface area contributed by atoms with E-state index in [2.05, 4.69) is 15.3 Å². The second-order valence-corrected chi connectivity index (χ2v) is 4.05. The van der Waals surface area contributed by atoms with Gasteiger partial charge in [-0.2, -0.15) is 0 Å². The third-order valence-corrected chi connectivity index (χ3v) is 2.48. The van der Waals surface area contributed by atoms with Crippen LogP contribution in [-0.4, -0.2) is 35.6 Å². The molecule has 0 spiro atoms. The van der Waals surface area contributed by atoms with Crippen molar-refractivity contribution in [1.82, 2.24) is 15.3 Å². The number of carbonyl (C=O) groups excluding carboxylic acids is 1. The maximum atomic E-state index is 11.7. The van der Waals surface area contributed by atoms with Crippen LogP contribution in [0.5, 0.6) is 0 Å². The number of nitrogens with zero attached hydrogens (tertiary/aromatic N) is 2. The fraction of sp³-hybridized carbons (Fsp3) is 0.583. The van der Waals surface area contributed by atoms with Crippen LogP contribution in [0.1, 0.15) is 24.4 Å². The number of nitrogens with one attached hydrogen (secondary N) is 1. The van der Waals surface area contributed by atoms with Crippen molar-refractivity contribution < 1.29 is 9.53 Å². The molecule has 6 heteroatoms. The molecule has 18 heavy (non-hydrogen) atoms. The Bertz CT molecular complexity index is 384. The average molecular weight is 252 g/mol. The van der Waals surface area contributed by atoms with Gasteiger partial charge >= 0.3 is 0 Å². The van der Waals surface area contributed by atoms with Gasteiger partial charge in [0, 0.05) is 19.9 Å². The second-order valence-electron chi connectivity index (χ2n) is 4.05. The molecule has 1 atom stereocenters. The van der Waals surface area contributed by atoms with Gasteiger partial charge in [-0.25, -0.2) is 9.97 Å². The molecule has 6 nitrogen and oxygen atoms in total. The number of rotatable bonds is 7. The Kier molecular flexibility index (Phi) is 6.24. The number of ether oxygens (including phenoxy) is 1. The molecule has 1 rings (SSSR count). The van der Waals surface area contributed by atoms with Gasteiger partial charge in [-0.3, -0.25) is 4.79 Å². The summed E-state index contributed by atoms with van der Waals surface area (Å²) in [5.74, 6) is 0.522. The molecule has 0 bridgehead atoms. The summed E-state index contributed by atoms with van der Waals surface area (Å²) in [4.78, 5) is 19.9. The molecule has 0 aliphatic rings. The Morgan fingerprint density at radius 3 is 3.06 bits per heavy atom. The van der Waals surface area contributed by atoms with Gasteiger partial charge in [0.25, 0.3) is 0 Å². The number of amides is 1. The van der Waals surface area contributed by atoms with Crippen molar-refractivity contribution in [2.75, 3.05) is 13.7 Å². The van der Waals surface area contributed by atoms with Gasteiger partial charge in [-0.1, -0.05) is 0 Å². The van der Waals surface area contributed by atoms with Crippen LogP contribution in [0.25, 0.3) is 0 Å². The molecule has 0 saturated heterocycles. The van der Waals surface area contributed by atoms with Crippen molar-refractivity contribution in [3.05, 3.63) is 23.8 Å². The van der Waals surface area contributed by atoms with E-state index >= 15 is 0 Å². The van der Waals surface area contributed by atoms with E-state index in [1.165, 1.54) is 0 Å². The number of carbonyl (C=O) groups is 1. The number of hydrogen-bond donors (Lipinski definition) is 2. The van der Waals surface area contributed by atoms with Crippen molar-refractivity contribution in [1.29, 1.82) is 0 Å². The molecule has 3 N–H and O–H groups in total. The van der Waals surface area contributed by atoms with E-state index in [1.54, 1.807) is 19.4 Å². The summed E-state index contributed by atoms with van der Waals surface area (Å²) < 4.78 is 4.91. The van der Waals surface area contributed by atoms with Crippen LogP contribution in [0.2, 0.25) is 0 Å². The lowest BCUT2D eigenvalue weighted by Crippen LogP contribution is -2.40. The van der Waals surface area contributed by atoms with E-state index in [1.807, 2.05) is 6.92 Å². The molecule has 1 aromatic rings. The van der Waals surface area contributed by atoms with Gasteiger partial charge in [0.05, 0.1) is 18.3 Å². The number of methoxy groups -OCH3 is 1. The van der Waals surface area contributed by atoms with E-state index in [4.69, 9.17) is 10.5 Å². The monoisotopic (exact) mass is 252 g/mol. The van der Waals surface area contributed by atoms with Crippen LogP contribution < -0.4 is 11.1 Å². The maximum absolute atomic E-state index is 11.7. The Morgan fingerprint density at radius 1 is 1.61 bits per heavy atom. The zero-order chi connectivity index (χ0) is 13.4. The van der Waals surface area contributed by atoms with Gasteiger partial charge in [-0.15, -0.1) is 0 Å². The average Bonchev–Trinajstić information content (AvgIpc) is 2.36. The summed E-state index contributed by atoms with van der Waals surface area (Å²) in [6.07, 6.45) is 3.06. The molecule has 0 aromatic carbocycles. The first-order valence-electron chi connectivity index (χ1n) is 5.94. The molecule has 0 aliphatic carbocycles. The van der Waals surface area contributed by atoms with E-state index < -0.39 is 6.04 Å². The highest BCUT2D eigenvalue weighted by molar-refractivity contribution is 5.81. The van der Waals surface area contributed by atoms with Crippen LogP contribution in [0.3, 0.4) is 0 Å². The van der Waals surface area contributed by atoms with Crippen LogP contribution in [0.4, 0.5) is 0 Å². The Morgan fingerprint density at radius 2 is 2.39 bits per heavy atom. The Labute approximate surface area is 107 Å². The standard InChI is InChI=1S/C12H20N4O2/c1-9-14-6-5-10(16-9)8-15-12(17)11(13)4-3-7-18-2/h5-6,11H,3-4,7-8,13H2,1-2H3,(H,15,17). The summed E-state index contributed by atoms with van der Waals surface area (Å²) in [7, 11) is 1.63. The predicted molar refractivity (Wildman–Crippen MR) is 67.7 cm³/mol. The molecule has 100 valence electrons. The lowest BCUT2D eigenvalue weighted by atomic mass is 10.1. The van der Waals surface area contributed by atoms with Crippen LogP contribution >= 0.6 is 0 Å². The molecule has 0 fully saturated rings. The maximum Gasteiger partial charge on any atom is 0.237 e. The van der Waals surface area contributed by atoms with Crippen molar-refractivity contribution in [3.8, 4) is 0 Å². The summed E-state index contributed by atoms with van der Waals surface area (Å²) in [6, 6.07) is 1.27. The smallest absolute Gasteiger partial charge is 0.237 e. The predicted octanol–water partition coefficient (Wildman–Crippen LogP) is 0.155. The van der Waals surface area contributed by atoms with Crippen molar-refractivity contribution >= 4 is 5.91 Å². The molecular weight excluding hydrogens is 232 g/mol. The first kappa shape index (κ1) is 14.5. The second kappa shape index (κ2) is 7.73. The summed E-state index contributed by atoms with van der Waals surface area (Å²) in [5.41, 5.74) is 6.53. The van der Waals surface area contributed by atoms with E-state index in [-0.39, 0.29) is 5.91 Å². The highest BCUT2D eigenvalue weighted by Gasteiger charge is 2.12. The SMILES string of the molecule is COCCCC(N)C(=O)NCc1ccnc(C)n1. The number of nitrogens with two attached hydrogens (primary N) is 1. The quantitative estimate of drug-likeness (QED) is 0.674. The van der Waals surface area contributed by atoms with Crippen LogP contribution in [-0.2, 0) is 16.1 Å². The normalized spacial score (nSPS) is 12.2. The number of hydrogen-bond acceptors (Lipinski definition) is 5. The molecule has 1 aromatic heterocycles. The van der Waals surface area contributed by atoms with Gasteiger partial charge < -0.3 is 15.8 Å². The van der Waals surface area contributed by atoms with Crippen molar-refractivity contribution in [3.63, 3.8) is 0 Å². The lowest BCUT2D eigenvalue weighted by Gasteiger charge is -2.11. The number of aryl methyl sites for hydroxylation is 1. The van der Waals surface area contributed by atoms with Crippen LogP contribution in [0.15, 0.2) is 12.3 Å². The highest BCUT2D eigenvalue weighted by atomic mass is 16.5. The third kappa shape index (κ3) is 5.20. The third-order valence-electron chi connectivity index (χ3n) is 2.48. The first-order valence-corrected chi connectivity index (χ1v) is 5.94. The minimum atomic E-state index is -0.497.